The smallest absolute Gasteiger partial charge is 0.248 e. The van der Waals surface area contributed by atoms with Crippen LogP contribution < -0.4 is 5.73 Å². The molecule has 1 heterocycles. The molecule has 0 aromatic heterocycles. The molecule has 3 unspecified atom stereocenters. The topological polar surface area (TPSA) is 66.6 Å². The number of fused-ring (bicyclic) bond motifs is 1. The first-order chi connectivity index (χ1) is 9.13. The first-order valence-electron chi connectivity index (χ1n) is 6.92. The van der Waals surface area contributed by atoms with E-state index in [1.807, 2.05) is 18.2 Å². The highest BCUT2D eigenvalue weighted by atomic mass is 16.3. The number of carbonyl (C=O) groups excluding carboxylic acids is 1. The van der Waals surface area contributed by atoms with E-state index in [1.54, 1.807) is 6.07 Å². The Kier molecular flexibility index (Phi) is 3.29. The summed E-state index contributed by atoms with van der Waals surface area (Å²) in [4.78, 5) is 13.5. The van der Waals surface area contributed by atoms with Gasteiger partial charge in [0.25, 0.3) is 0 Å². The van der Waals surface area contributed by atoms with E-state index in [0.717, 1.165) is 38.0 Å². The standard InChI is InChI=1S/C15H20N2O2/c16-15(19)11-3-1-2-10(6-11)7-17-8-12-4-5-14(18)13(12)9-17/h1-3,6,12-14,18H,4-5,7-9H2,(H2,16,19). The molecule has 1 aliphatic carbocycles. The minimum absolute atomic E-state index is 0.119. The van der Waals surface area contributed by atoms with Gasteiger partial charge in [-0.15, -0.1) is 0 Å². The van der Waals surface area contributed by atoms with Crippen molar-refractivity contribution >= 4 is 5.91 Å². The molecule has 1 aromatic carbocycles. The third-order valence-corrected chi connectivity index (χ3v) is 4.51. The normalized spacial score (nSPS) is 30.5. The Hall–Kier alpha value is -1.39. The zero-order valence-electron chi connectivity index (χ0n) is 11.0. The maximum absolute atomic E-state index is 11.2. The summed E-state index contributed by atoms with van der Waals surface area (Å²) >= 11 is 0. The second-order valence-corrected chi connectivity index (χ2v) is 5.83. The van der Waals surface area contributed by atoms with Crippen LogP contribution in [0.5, 0.6) is 0 Å². The van der Waals surface area contributed by atoms with Gasteiger partial charge in [-0.1, -0.05) is 12.1 Å². The number of hydrogen-bond donors (Lipinski definition) is 2. The van der Waals surface area contributed by atoms with E-state index in [-0.39, 0.29) is 12.0 Å². The van der Waals surface area contributed by atoms with Crippen molar-refractivity contribution in [2.45, 2.75) is 25.5 Å². The van der Waals surface area contributed by atoms with Crippen LogP contribution in [0.2, 0.25) is 0 Å². The average Bonchev–Trinajstić information content (AvgIpc) is 2.92. The first kappa shape index (κ1) is 12.6. The molecular formula is C15H20N2O2. The van der Waals surface area contributed by atoms with Crippen molar-refractivity contribution in [2.24, 2.45) is 17.6 Å². The largest absolute Gasteiger partial charge is 0.393 e. The highest BCUT2D eigenvalue weighted by Crippen LogP contribution is 2.38. The summed E-state index contributed by atoms with van der Waals surface area (Å²) in [6.45, 7) is 2.86. The number of hydrogen-bond acceptors (Lipinski definition) is 3. The van der Waals surface area contributed by atoms with Gasteiger partial charge in [0.15, 0.2) is 0 Å². The summed E-state index contributed by atoms with van der Waals surface area (Å²) in [6.07, 6.45) is 1.98. The summed E-state index contributed by atoms with van der Waals surface area (Å²) in [5.41, 5.74) is 6.98. The Labute approximate surface area is 113 Å². The lowest BCUT2D eigenvalue weighted by molar-refractivity contribution is 0.1000. The third kappa shape index (κ3) is 2.51. The second kappa shape index (κ2) is 4.94. The number of benzene rings is 1. The molecule has 3 N–H and O–H groups in total. The predicted octanol–water partition coefficient (Wildman–Crippen LogP) is 0.988. The molecule has 102 valence electrons. The van der Waals surface area contributed by atoms with Crippen molar-refractivity contribution in [2.75, 3.05) is 13.1 Å². The lowest BCUT2D eigenvalue weighted by Gasteiger charge is -2.18. The molecule has 1 aromatic rings. The molecular weight excluding hydrogens is 240 g/mol. The number of carbonyl (C=O) groups is 1. The fourth-order valence-electron chi connectivity index (χ4n) is 3.54. The summed E-state index contributed by atoms with van der Waals surface area (Å²) in [6, 6.07) is 7.51. The van der Waals surface area contributed by atoms with Gasteiger partial charge in [0, 0.05) is 31.1 Å². The Morgan fingerprint density at radius 2 is 2.21 bits per heavy atom. The number of primary amides is 1. The van der Waals surface area contributed by atoms with Crippen LogP contribution in [0.1, 0.15) is 28.8 Å². The van der Waals surface area contributed by atoms with E-state index in [2.05, 4.69) is 4.90 Å². The molecule has 1 aliphatic heterocycles. The van der Waals surface area contributed by atoms with Crippen molar-refractivity contribution < 1.29 is 9.90 Å². The van der Waals surface area contributed by atoms with Crippen molar-refractivity contribution in [3.05, 3.63) is 35.4 Å². The number of rotatable bonds is 3. The molecule has 0 radical (unpaired) electrons. The summed E-state index contributed by atoms with van der Waals surface area (Å²) in [7, 11) is 0. The number of aliphatic hydroxyl groups excluding tert-OH is 1. The maximum Gasteiger partial charge on any atom is 0.248 e. The van der Waals surface area contributed by atoms with Gasteiger partial charge in [-0.2, -0.15) is 0 Å². The van der Waals surface area contributed by atoms with Crippen LogP contribution in [-0.4, -0.2) is 35.1 Å². The molecule has 0 bridgehead atoms. The average molecular weight is 260 g/mol. The van der Waals surface area contributed by atoms with E-state index in [1.165, 1.54) is 0 Å². The SMILES string of the molecule is NC(=O)c1cccc(CN2CC3CCC(O)C3C2)c1. The molecule has 4 heteroatoms. The Morgan fingerprint density at radius 3 is 2.95 bits per heavy atom. The molecule has 3 rings (SSSR count). The second-order valence-electron chi connectivity index (χ2n) is 5.83. The van der Waals surface area contributed by atoms with Crippen molar-refractivity contribution in [1.29, 1.82) is 0 Å². The molecule has 2 aliphatic rings. The lowest BCUT2D eigenvalue weighted by Crippen LogP contribution is -2.24. The van der Waals surface area contributed by atoms with Gasteiger partial charge < -0.3 is 10.8 Å². The van der Waals surface area contributed by atoms with Crippen molar-refractivity contribution in [3.8, 4) is 0 Å². The third-order valence-electron chi connectivity index (χ3n) is 4.51. The molecule has 4 nitrogen and oxygen atoms in total. The number of likely N-dealkylation sites (tertiary alicyclic amines) is 1. The Morgan fingerprint density at radius 1 is 1.37 bits per heavy atom. The minimum atomic E-state index is -0.379. The monoisotopic (exact) mass is 260 g/mol. The van der Waals surface area contributed by atoms with Crippen LogP contribution in [0.3, 0.4) is 0 Å². The lowest BCUT2D eigenvalue weighted by atomic mass is 10.00. The molecule has 19 heavy (non-hydrogen) atoms. The van der Waals surface area contributed by atoms with Crippen LogP contribution in [0.25, 0.3) is 0 Å². The quantitative estimate of drug-likeness (QED) is 0.851. The number of nitrogens with two attached hydrogens (primary N) is 1. The highest BCUT2D eigenvalue weighted by molar-refractivity contribution is 5.92. The molecule has 1 amide bonds. The fourth-order valence-corrected chi connectivity index (χ4v) is 3.54. The van der Waals surface area contributed by atoms with Gasteiger partial charge in [-0.05, 0) is 36.5 Å². The minimum Gasteiger partial charge on any atom is -0.393 e. The summed E-state index contributed by atoms with van der Waals surface area (Å²) < 4.78 is 0. The van der Waals surface area contributed by atoms with Crippen LogP contribution >= 0.6 is 0 Å². The van der Waals surface area contributed by atoms with Crippen LogP contribution in [0.4, 0.5) is 0 Å². The molecule has 1 saturated heterocycles. The zero-order chi connectivity index (χ0) is 13.4. The number of nitrogens with zero attached hydrogens (tertiary/aromatic N) is 1. The van der Waals surface area contributed by atoms with E-state index in [0.29, 0.717) is 17.4 Å². The van der Waals surface area contributed by atoms with Gasteiger partial charge in [0.05, 0.1) is 6.10 Å². The van der Waals surface area contributed by atoms with E-state index in [4.69, 9.17) is 5.73 Å². The van der Waals surface area contributed by atoms with Crippen molar-refractivity contribution in [1.82, 2.24) is 4.90 Å². The van der Waals surface area contributed by atoms with Gasteiger partial charge in [-0.3, -0.25) is 9.69 Å². The van der Waals surface area contributed by atoms with Crippen LogP contribution in [-0.2, 0) is 6.54 Å². The summed E-state index contributed by atoms with van der Waals surface area (Å²) in [5, 5.41) is 9.91. The highest BCUT2D eigenvalue weighted by Gasteiger charge is 2.41. The number of aliphatic hydroxyl groups is 1. The van der Waals surface area contributed by atoms with Crippen LogP contribution in [0, 0.1) is 11.8 Å². The van der Waals surface area contributed by atoms with Gasteiger partial charge in [0.2, 0.25) is 5.91 Å². The van der Waals surface area contributed by atoms with Gasteiger partial charge in [-0.25, -0.2) is 0 Å². The van der Waals surface area contributed by atoms with E-state index >= 15 is 0 Å². The Balaban J connectivity index is 1.66. The summed E-state index contributed by atoms with van der Waals surface area (Å²) in [5.74, 6) is 0.712. The van der Waals surface area contributed by atoms with Gasteiger partial charge in [0.1, 0.15) is 0 Å². The molecule has 1 saturated carbocycles. The van der Waals surface area contributed by atoms with E-state index in [9.17, 15) is 9.90 Å². The van der Waals surface area contributed by atoms with Gasteiger partial charge >= 0.3 is 0 Å². The van der Waals surface area contributed by atoms with Crippen LogP contribution in [0.15, 0.2) is 24.3 Å². The Bertz CT molecular complexity index is 489. The molecule has 3 atom stereocenters. The molecule has 2 fully saturated rings. The number of amides is 1. The molecule has 0 spiro atoms. The first-order valence-corrected chi connectivity index (χ1v) is 6.92. The zero-order valence-corrected chi connectivity index (χ0v) is 11.0. The van der Waals surface area contributed by atoms with Crippen molar-refractivity contribution in [3.63, 3.8) is 0 Å². The van der Waals surface area contributed by atoms with E-state index < -0.39 is 0 Å². The maximum atomic E-state index is 11.2. The fraction of sp³-hybridized carbons (Fsp3) is 0.533. The predicted molar refractivity (Wildman–Crippen MR) is 72.5 cm³/mol.